The fraction of sp³-hybridized carbons (Fsp3) is 0.500. The molecule has 1 unspecified atom stereocenters. The second-order valence-electron chi connectivity index (χ2n) is 5.39. The van der Waals surface area contributed by atoms with Gasteiger partial charge in [-0.15, -0.1) is 0 Å². The number of anilines is 1. The number of carbonyl (C=O) groups is 1. The van der Waals surface area contributed by atoms with Crippen LogP contribution < -0.4 is 11.5 Å². The van der Waals surface area contributed by atoms with Crippen LogP contribution >= 0.6 is 0 Å². The lowest BCUT2D eigenvalue weighted by atomic mass is 9.96. The standard InChI is InChI=1S/C14H18F3N3O/c15-14(16,17)12-6-11(18)4-3-9(12)7-20-5-1-2-10(8-20)13(19)21/h3-4,6,10H,1-2,5,7-8,18H2,(H2,19,21). The van der Waals surface area contributed by atoms with E-state index in [9.17, 15) is 18.0 Å². The van der Waals surface area contributed by atoms with E-state index in [1.807, 2.05) is 4.90 Å². The first kappa shape index (κ1) is 15.6. The lowest BCUT2D eigenvalue weighted by Gasteiger charge is -2.31. The highest BCUT2D eigenvalue weighted by atomic mass is 19.4. The lowest BCUT2D eigenvalue weighted by Crippen LogP contribution is -2.40. The van der Waals surface area contributed by atoms with Crippen LogP contribution in [0.1, 0.15) is 24.0 Å². The van der Waals surface area contributed by atoms with E-state index in [4.69, 9.17) is 11.5 Å². The Kier molecular flexibility index (Phi) is 4.41. The van der Waals surface area contributed by atoms with E-state index in [-0.39, 0.29) is 23.7 Å². The number of primary amides is 1. The van der Waals surface area contributed by atoms with Gasteiger partial charge in [-0.05, 0) is 37.1 Å². The first-order chi connectivity index (χ1) is 9.77. The predicted molar refractivity (Wildman–Crippen MR) is 73.1 cm³/mol. The van der Waals surface area contributed by atoms with Crippen molar-refractivity contribution in [2.75, 3.05) is 18.8 Å². The van der Waals surface area contributed by atoms with Gasteiger partial charge in [0.1, 0.15) is 0 Å². The molecule has 1 fully saturated rings. The van der Waals surface area contributed by atoms with Crippen molar-refractivity contribution in [3.63, 3.8) is 0 Å². The number of hydrogen-bond acceptors (Lipinski definition) is 3. The van der Waals surface area contributed by atoms with Crippen molar-refractivity contribution < 1.29 is 18.0 Å². The molecule has 0 spiro atoms. The minimum atomic E-state index is -4.44. The molecule has 0 radical (unpaired) electrons. The summed E-state index contributed by atoms with van der Waals surface area (Å²) in [6.45, 7) is 1.20. The zero-order valence-corrected chi connectivity index (χ0v) is 11.5. The van der Waals surface area contributed by atoms with Crippen molar-refractivity contribution in [2.24, 2.45) is 11.7 Å². The molecule has 1 saturated heterocycles. The van der Waals surface area contributed by atoms with Crippen LogP contribution in [0, 0.1) is 5.92 Å². The molecule has 1 aliphatic heterocycles. The van der Waals surface area contributed by atoms with E-state index in [1.54, 1.807) is 0 Å². The molecule has 7 heteroatoms. The Morgan fingerprint density at radius 1 is 1.38 bits per heavy atom. The molecule has 1 aliphatic rings. The number of rotatable bonds is 3. The molecule has 1 aromatic carbocycles. The molecule has 0 saturated carbocycles. The summed E-state index contributed by atoms with van der Waals surface area (Å²) in [5.74, 6) is -0.685. The molecule has 0 aliphatic carbocycles. The number of alkyl halides is 3. The Hall–Kier alpha value is -1.76. The summed E-state index contributed by atoms with van der Waals surface area (Å²) in [6.07, 6.45) is -2.99. The highest BCUT2D eigenvalue weighted by Gasteiger charge is 2.34. The molecule has 2 rings (SSSR count). The van der Waals surface area contributed by atoms with E-state index in [0.717, 1.165) is 12.5 Å². The number of nitrogens with zero attached hydrogens (tertiary/aromatic N) is 1. The number of nitrogen functional groups attached to an aromatic ring is 1. The minimum absolute atomic E-state index is 0.0831. The van der Waals surface area contributed by atoms with Crippen LogP contribution in [0.5, 0.6) is 0 Å². The zero-order valence-electron chi connectivity index (χ0n) is 11.5. The molecule has 4 nitrogen and oxygen atoms in total. The van der Waals surface area contributed by atoms with E-state index < -0.39 is 17.6 Å². The van der Waals surface area contributed by atoms with Crippen molar-refractivity contribution in [2.45, 2.75) is 25.6 Å². The normalized spacial score (nSPS) is 20.4. The fourth-order valence-corrected chi connectivity index (χ4v) is 2.67. The average molecular weight is 301 g/mol. The summed E-state index contributed by atoms with van der Waals surface area (Å²) in [4.78, 5) is 13.1. The SMILES string of the molecule is NC(=O)C1CCCN(Cc2ccc(N)cc2C(F)(F)F)C1. The molecular formula is C14H18F3N3O. The fourth-order valence-electron chi connectivity index (χ4n) is 2.67. The second kappa shape index (κ2) is 5.93. The summed E-state index contributed by atoms with van der Waals surface area (Å²) < 4.78 is 39.1. The van der Waals surface area contributed by atoms with Crippen LogP contribution in [-0.4, -0.2) is 23.9 Å². The summed E-state index contributed by atoms with van der Waals surface area (Å²) in [7, 11) is 0. The third-order valence-electron chi connectivity index (χ3n) is 3.74. The topological polar surface area (TPSA) is 72.4 Å². The smallest absolute Gasteiger partial charge is 0.399 e. The Morgan fingerprint density at radius 2 is 2.10 bits per heavy atom. The Balaban J connectivity index is 2.18. The summed E-state index contributed by atoms with van der Waals surface area (Å²) >= 11 is 0. The third-order valence-corrected chi connectivity index (χ3v) is 3.74. The maximum atomic E-state index is 13.0. The second-order valence-corrected chi connectivity index (χ2v) is 5.39. The number of amides is 1. The molecule has 1 aromatic rings. The summed E-state index contributed by atoms with van der Waals surface area (Å²) in [5.41, 5.74) is 10.3. The number of piperidine rings is 1. The lowest BCUT2D eigenvalue weighted by molar-refractivity contribution is -0.138. The van der Waals surface area contributed by atoms with Gasteiger partial charge in [0.25, 0.3) is 0 Å². The van der Waals surface area contributed by atoms with Crippen molar-refractivity contribution in [3.8, 4) is 0 Å². The van der Waals surface area contributed by atoms with Gasteiger partial charge in [-0.25, -0.2) is 0 Å². The van der Waals surface area contributed by atoms with Crippen LogP contribution in [0.4, 0.5) is 18.9 Å². The van der Waals surface area contributed by atoms with Crippen molar-refractivity contribution in [1.29, 1.82) is 0 Å². The largest absolute Gasteiger partial charge is 0.416 e. The van der Waals surface area contributed by atoms with Gasteiger partial charge in [0.2, 0.25) is 5.91 Å². The van der Waals surface area contributed by atoms with Gasteiger partial charge in [-0.3, -0.25) is 9.69 Å². The molecule has 21 heavy (non-hydrogen) atoms. The molecule has 1 heterocycles. The monoisotopic (exact) mass is 301 g/mol. The molecule has 0 bridgehead atoms. The number of carbonyl (C=O) groups excluding carboxylic acids is 1. The Labute approximate surface area is 120 Å². The van der Waals surface area contributed by atoms with Crippen LogP contribution in [0.15, 0.2) is 18.2 Å². The molecule has 4 N–H and O–H groups in total. The number of likely N-dealkylation sites (tertiary alicyclic amines) is 1. The number of halogens is 3. The maximum Gasteiger partial charge on any atom is 0.416 e. The molecule has 1 atom stereocenters. The van der Waals surface area contributed by atoms with Crippen molar-refractivity contribution in [1.82, 2.24) is 4.90 Å². The van der Waals surface area contributed by atoms with Crippen LogP contribution in [0.3, 0.4) is 0 Å². The molecule has 0 aromatic heterocycles. The highest BCUT2D eigenvalue weighted by molar-refractivity contribution is 5.76. The highest BCUT2D eigenvalue weighted by Crippen LogP contribution is 2.34. The maximum absolute atomic E-state index is 13.0. The van der Waals surface area contributed by atoms with Crippen molar-refractivity contribution >= 4 is 11.6 Å². The molecule has 116 valence electrons. The zero-order chi connectivity index (χ0) is 15.6. The van der Waals surface area contributed by atoms with Crippen LogP contribution in [-0.2, 0) is 17.5 Å². The van der Waals surface area contributed by atoms with Gasteiger partial charge in [-0.1, -0.05) is 6.07 Å². The van der Waals surface area contributed by atoms with E-state index in [1.165, 1.54) is 12.1 Å². The summed E-state index contributed by atoms with van der Waals surface area (Å²) in [5, 5.41) is 0. The van der Waals surface area contributed by atoms with Gasteiger partial charge in [0.05, 0.1) is 11.5 Å². The first-order valence-electron chi connectivity index (χ1n) is 6.74. The van der Waals surface area contributed by atoms with Crippen LogP contribution in [0.25, 0.3) is 0 Å². The van der Waals surface area contributed by atoms with Crippen LogP contribution in [0.2, 0.25) is 0 Å². The quantitative estimate of drug-likeness (QED) is 0.839. The van der Waals surface area contributed by atoms with E-state index in [0.29, 0.717) is 19.5 Å². The third kappa shape index (κ3) is 3.87. The first-order valence-corrected chi connectivity index (χ1v) is 6.74. The van der Waals surface area contributed by atoms with Gasteiger partial charge in [-0.2, -0.15) is 13.2 Å². The number of hydrogen-bond donors (Lipinski definition) is 2. The number of benzene rings is 1. The van der Waals surface area contributed by atoms with Gasteiger partial charge in [0, 0.05) is 18.8 Å². The minimum Gasteiger partial charge on any atom is -0.399 e. The molecular weight excluding hydrogens is 283 g/mol. The van der Waals surface area contributed by atoms with Gasteiger partial charge >= 0.3 is 6.18 Å². The van der Waals surface area contributed by atoms with E-state index >= 15 is 0 Å². The van der Waals surface area contributed by atoms with E-state index in [2.05, 4.69) is 0 Å². The Morgan fingerprint density at radius 3 is 2.71 bits per heavy atom. The van der Waals surface area contributed by atoms with Gasteiger partial charge < -0.3 is 11.5 Å². The number of nitrogens with two attached hydrogens (primary N) is 2. The molecule has 1 amide bonds. The predicted octanol–water partition coefficient (Wildman–Crippen LogP) is 1.98. The summed E-state index contributed by atoms with van der Waals surface area (Å²) in [6, 6.07) is 3.80. The average Bonchev–Trinajstić information content (AvgIpc) is 2.40. The van der Waals surface area contributed by atoms with Gasteiger partial charge in [0.15, 0.2) is 0 Å². The van der Waals surface area contributed by atoms with Crippen molar-refractivity contribution in [3.05, 3.63) is 29.3 Å². The Bertz CT molecular complexity index is 531.